The van der Waals surface area contributed by atoms with Gasteiger partial charge in [0.2, 0.25) is 0 Å². The van der Waals surface area contributed by atoms with Gasteiger partial charge in [-0.2, -0.15) is 0 Å². The molecule has 2 rings (SSSR count). The summed E-state index contributed by atoms with van der Waals surface area (Å²) >= 11 is 0. The number of carbonyl (C=O) groups is 2. The highest BCUT2D eigenvalue weighted by atomic mass is 16.5. The summed E-state index contributed by atoms with van der Waals surface area (Å²) in [4.78, 5) is 25.5. The van der Waals surface area contributed by atoms with Gasteiger partial charge in [-0.3, -0.25) is 9.59 Å². The fourth-order valence-electron chi connectivity index (χ4n) is 4.14. The second kappa shape index (κ2) is 19.6. The maximum Gasteiger partial charge on any atom is 0.255 e. The lowest BCUT2D eigenvalue weighted by atomic mass is 10.1. The Bertz CT molecular complexity index is 945. The van der Waals surface area contributed by atoms with Crippen molar-refractivity contribution in [2.75, 3.05) is 40.5 Å². The number of amides is 2. The van der Waals surface area contributed by atoms with E-state index in [1.165, 1.54) is 0 Å². The Balaban J connectivity index is 1.71. The third-order valence-electron chi connectivity index (χ3n) is 6.55. The summed E-state index contributed by atoms with van der Waals surface area (Å²) in [5.74, 6) is 2.14. The predicted molar refractivity (Wildman–Crippen MR) is 159 cm³/mol. The number of benzene rings is 2. The van der Waals surface area contributed by atoms with Gasteiger partial charge in [0.05, 0.1) is 38.6 Å². The number of rotatable bonds is 21. The number of nitrogens with one attached hydrogen (secondary N) is 2. The van der Waals surface area contributed by atoms with Crippen LogP contribution in [0.25, 0.3) is 0 Å². The van der Waals surface area contributed by atoms with Crippen molar-refractivity contribution >= 4 is 11.8 Å². The SMILES string of the molecule is CCCCCOc1cc(OC)ccc1C(=O)NCCCCCCNC(=O)c1ccc(OC)cc1OCCCCC. The summed E-state index contributed by atoms with van der Waals surface area (Å²) in [7, 11) is 3.20. The van der Waals surface area contributed by atoms with Gasteiger partial charge in [-0.15, -0.1) is 0 Å². The van der Waals surface area contributed by atoms with E-state index in [-0.39, 0.29) is 11.8 Å². The van der Waals surface area contributed by atoms with Crippen LogP contribution in [0, 0.1) is 0 Å². The Morgan fingerprint density at radius 3 is 1.40 bits per heavy atom. The van der Waals surface area contributed by atoms with Crippen LogP contribution in [0.2, 0.25) is 0 Å². The van der Waals surface area contributed by atoms with Gasteiger partial charge >= 0.3 is 0 Å². The number of methoxy groups -OCH3 is 2. The molecule has 0 radical (unpaired) electrons. The summed E-state index contributed by atoms with van der Waals surface area (Å²) < 4.78 is 22.4. The van der Waals surface area contributed by atoms with E-state index in [4.69, 9.17) is 18.9 Å². The standard InChI is InChI=1S/C32H48N2O6/c1-5-7-13-21-39-29-23-25(37-3)15-17-27(29)31(35)33-19-11-9-10-12-20-34-32(36)28-18-16-26(38-4)24-30(28)40-22-14-8-6-2/h15-18,23-24H,5-14,19-22H2,1-4H3,(H,33,35)(H,34,36). The van der Waals surface area contributed by atoms with Gasteiger partial charge in [0.15, 0.2) is 0 Å². The molecule has 8 heteroatoms. The van der Waals surface area contributed by atoms with Gasteiger partial charge < -0.3 is 29.6 Å². The van der Waals surface area contributed by atoms with Crippen LogP contribution in [-0.4, -0.2) is 52.3 Å². The van der Waals surface area contributed by atoms with Crippen molar-refractivity contribution in [3.63, 3.8) is 0 Å². The number of ether oxygens (including phenoxy) is 4. The second-order valence-corrected chi connectivity index (χ2v) is 9.76. The predicted octanol–water partition coefficient (Wildman–Crippen LogP) is 6.56. The molecule has 0 spiro atoms. The maximum atomic E-state index is 12.8. The lowest BCUT2D eigenvalue weighted by molar-refractivity contribution is 0.0938. The van der Waals surface area contributed by atoms with Crippen LogP contribution in [-0.2, 0) is 0 Å². The molecule has 0 bridgehead atoms. The van der Waals surface area contributed by atoms with E-state index in [9.17, 15) is 9.59 Å². The minimum Gasteiger partial charge on any atom is -0.497 e. The van der Waals surface area contributed by atoms with E-state index in [0.29, 0.717) is 60.4 Å². The van der Waals surface area contributed by atoms with Gasteiger partial charge in [-0.05, 0) is 49.9 Å². The van der Waals surface area contributed by atoms with Crippen molar-refractivity contribution in [3.8, 4) is 23.0 Å². The quantitative estimate of drug-likeness (QED) is 0.169. The Kier molecular flexibility index (Phi) is 16.1. The van der Waals surface area contributed by atoms with E-state index in [2.05, 4.69) is 24.5 Å². The third kappa shape index (κ3) is 11.8. The fraction of sp³-hybridized carbons (Fsp3) is 0.562. The summed E-state index contributed by atoms with van der Waals surface area (Å²) in [6, 6.07) is 10.6. The Hall–Kier alpha value is -3.42. The Labute approximate surface area is 240 Å². The molecule has 0 fully saturated rings. The lowest BCUT2D eigenvalue weighted by Gasteiger charge is -2.13. The van der Waals surface area contributed by atoms with Crippen molar-refractivity contribution < 1.29 is 28.5 Å². The summed E-state index contributed by atoms with van der Waals surface area (Å²) in [5, 5.41) is 5.99. The molecule has 0 aliphatic rings. The first-order chi connectivity index (χ1) is 19.5. The highest BCUT2D eigenvalue weighted by Crippen LogP contribution is 2.26. The molecule has 0 unspecified atom stereocenters. The van der Waals surface area contributed by atoms with E-state index in [1.807, 2.05) is 0 Å². The normalized spacial score (nSPS) is 10.6. The molecule has 0 heterocycles. The Morgan fingerprint density at radius 2 is 1.02 bits per heavy atom. The van der Waals surface area contributed by atoms with Crippen LogP contribution in [0.1, 0.15) is 98.8 Å². The van der Waals surface area contributed by atoms with Crippen molar-refractivity contribution in [3.05, 3.63) is 47.5 Å². The highest BCUT2D eigenvalue weighted by molar-refractivity contribution is 5.97. The van der Waals surface area contributed by atoms with Crippen molar-refractivity contribution in [1.29, 1.82) is 0 Å². The van der Waals surface area contributed by atoms with E-state index in [1.54, 1.807) is 50.6 Å². The second-order valence-electron chi connectivity index (χ2n) is 9.76. The molecule has 2 aromatic carbocycles. The first-order valence-electron chi connectivity index (χ1n) is 14.7. The molecular formula is C32H48N2O6. The number of unbranched alkanes of at least 4 members (excludes halogenated alkanes) is 7. The van der Waals surface area contributed by atoms with Gasteiger partial charge in [-0.25, -0.2) is 0 Å². The summed E-state index contributed by atoms with van der Waals surface area (Å²) in [5.41, 5.74) is 1.04. The van der Waals surface area contributed by atoms with Crippen LogP contribution in [0.3, 0.4) is 0 Å². The molecule has 40 heavy (non-hydrogen) atoms. The molecular weight excluding hydrogens is 508 g/mol. The minimum atomic E-state index is -0.146. The molecule has 0 aromatic heterocycles. The number of carbonyl (C=O) groups excluding carboxylic acids is 2. The molecule has 0 saturated heterocycles. The monoisotopic (exact) mass is 556 g/mol. The van der Waals surface area contributed by atoms with E-state index < -0.39 is 0 Å². The average Bonchev–Trinajstić information content (AvgIpc) is 2.98. The molecule has 0 atom stereocenters. The number of hydrogen-bond donors (Lipinski definition) is 2. The van der Waals surface area contributed by atoms with E-state index in [0.717, 1.165) is 64.2 Å². The van der Waals surface area contributed by atoms with Crippen LogP contribution < -0.4 is 29.6 Å². The smallest absolute Gasteiger partial charge is 0.255 e. The summed E-state index contributed by atoms with van der Waals surface area (Å²) in [6.07, 6.45) is 9.91. The maximum absolute atomic E-state index is 12.8. The molecule has 2 amide bonds. The van der Waals surface area contributed by atoms with Gasteiger partial charge in [0, 0.05) is 25.2 Å². The van der Waals surface area contributed by atoms with Crippen molar-refractivity contribution in [2.45, 2.75) is 78.1 Å². The van der Waals surface area contributed by atoms with E-state index >= 15 is 0 Å². The van der Waals surface area contributed by atoms with Crippen LogP contribution in [0.5, 0.6) is 23.0 Å². The molecule has 222 valence electrons. The minimum absolute atomic E-state index is 0.146. The lowest BCUT2D eigenvalue weighted by Crippen LogP contribution is -2.26. The van der Waals surface area contributed by atoms with Gasteiger partial charge in [-0.1, -0.05) is 52.4 Å². The molecule has 0 aliphatic heterocycles. The van der Waals surface area contributed by atoms with Crippen molar-refractivity contribution in [2.24, 2.45) is 0 Å². The third-order valence-corrected chi connectivity index (χ3v) is 6.55. The summed E-state index contributed by atoms with van der Waals surface area (Å²) in [6.45, 7) is 6.59. The zero-order valence-corrected chi connectivity index (χ0v) is 24.8. The Morgan fingerprint density at radius 1 is 0.600 bits per heavy atom. The van der Waals surface area contributed by atoms with Crippen LogP contribution >= 0.6 is 0 Å². The zero-order chi connectivity index (χ0) is 29.0. The molecule has 2 N–H and O–H groups in total. The molecule has 2 aromatic rings. The van der Waals surface area contributed by atoms with Crippen molar-refractivity contribution in [1.82, 2.24) is 10.6 Å². The number of hydrogen-bond acceptors (Lipinski definition) is 6. The van der Waals surface area contributed by atoms with Gasteiger partial charge in [0.25, 0.3) is 11.8 Å². The van der Waals surface area contributed by atoms with Crippen LogP contribution in [0.4, 0.5) is 0 Å². The van der Waals surface area contributed by atoms with Crippen LogP contribution in [0.15, 0.2) is 36.4 Å². The fourth-order valence-corrected chi connectivity index (χ4v) is 4.14. The first-order valence-corrected chi connectivity index (χ1v) is 14.7. The molecule has 0 aliphatic carbocycles. The topological polar surface area (TPSA) is 95.1 Å². The highest BCUT2D eigenvalue weighted by Gasteiger charge is 2.15. The molecule has 8 nitrogen and oxygen atoms in total. The molecule has 0 saturated carbocycles. The zero-order valence-electron chi connectivity index (χ0n) is 24.8. The van der Waals surface area contributed by atoms with Gasteiger partial charge in [0.1, 0.15) is 23.0 Å². The average molecular weight is 557 g/mol. The first kappa shape index (κ1) is 32.8. The largest absolute Gasteiger partial charge is 0.497 e.